The van der Waals surface area contributed by atoms with Gasteiger partial charge in [-0.15, -0.1) is 0 Å². The molecule has 0 aliphatic carbocycles. The monoisotopic (exact) mass is 582 g/mol. The number of nitrogens with zero attached hydrogens (tertiary/aromatic N) is 6. The molecule has 42 heavy (non-hydrogen) atoms. The first-order valence-electron chi connectivity index (χ1n) is 13.8. The fourth-order valence-electron chi connectivity index (χ4n) is 5.71. The maximum absolute atomic E-state index is 11.6. The van der Waals surface area contributed by atoms with Crippen LogP contribution in [0.25, 0.3) is 22.1 Å². The summed E-state index contributed by atoms with van der Waals surface area (Å²) in [4.78, 5) is 23.8. The highest BCUT2D eigenvalue weighted by molar-refractivity contribution is 6.30. The van der Waals surface area contributed by atoms with Gasteiger partial charge >= 0.3 is 5.97 Å². The number of rotatable bonds is 8. The fourth-order valence-corrected chi connectivity index (χ4v) is 5.88. The van der Waals surface area contributed by atoms with E-state index in [0.29, 0.717) is 36.0 Å². The Labute approximate surface area is 246 Å². The van der Waals surface area contributed by atoms with Crippen molar-refractivity contribution in [1.29, 1.82) is 5.26 Å². The Bertz CT molecular complexity index is 1890. The van der Waals surface area contributed by atoms with Gasteiger partial charge in [-0.1, -0.05) is 23.7 Å². The third-order valence-electron chi connectivity index (χ3n) is 8.02. The summed E-state index contributed by atoms with van der Waals surface area (Å²) in [6.07, 6.45) is 1.09. The van der Waals surface area contributed by atoms with Crippen molar-refractivity contribution >= 4 is 39.6 Å². The molecule has 0 saturated carbocycles. The van der Waals surface area contributed by atoms with Crippen molar-refractivity contribution in [2.24, 2.45) is 0 Å². The minimum absolute atomic E-state index is 0.107. The molecular weight excluding hydrogens is 556 g/mol. The summed E-state index contributed by atoms with van der Waals surface area (Å²) in [7, 11) is 0. The molecule has 2 aromatic heterocycles. The average Bonchev–Trinajstić information content (AvgIpc) is 3.51. The number of carboxylic acid groups (broad SMARTS) is 1. The van der Waals surface area contributed by atoms with E-state index < -0.39 is 5.97 Å². The molecule has 1 atom stereocenters. The summed E-state index contributed by atoms with van der Waals surface area (Å²) in [6, 6.07) is 18.4. The van der Waals surface area contributed by atoms with Crippen LogP contribution in [0.15, 0.2) is 54.6 Å². The van der Waals surface area contributed by atoms with E-state index in [1.807, 2.05) is 18.2 Å². The fraction of sp³-hybridized carbons (Fsp3) is 0.290. The van der Waals surface area contributed by atoms with Crippen molar-refractivity contribution in [2.45, 2.75) is 45.3 Å². The van der Waals surface area contributed by atoms with E-state index in [-0.39, 0.29) is 18.3 Å². The van der Waals surface area contributed by atoms with E-state index in [1.165, 1.54) is 0 Å². The van der Waals surface area contributed by atoms with Gasteiger partial charge in [0.2, 0.25) is 0 Å². The number of nitriles is 1. The van der Waals surface area contributed by atoms with Crippen LogP contribution in [-0.4, -0.2) is 54.3 Å². The molecule has 10 nitrogen and oxygen atoms in total. The molecule has 1 saturated heterocycles. The van der Waals surface area contributed by atoms with E-state index in [1.54, 1.807) is 30.3 Å². The van der Waals surface area contributed by atoms with Crippen LogP contribution in [0.3, 0.4) is 0 Å². The zero-order valence-electron chi connectivity index (χ0n) is 22.7. The summed E-state index contributed by atoms with van der Waals surface area (Å²) in [6.45, 7) is 4.43. The first-order chi connectivity index (χ1) is 20.5. The maximum atomic E-state index is 11.6. The number of benzene rings is 3. The van der Waals surface area contributed by atoms with Gasteiger partial charge in [0.1, 0.15) is 29.5 Å². The van der Waals surface area contributed by atoms with Gasteiger partial charge in [-0.05, 0) is 48.9 Å². The van der Waals surface area contributed by atoms with Crippen molar-refractivity contribution in [3.8, 4) is 11.8 Å². The predicted molar refractivity (Wildman–Crippen MR) is 155 cm³/mol. The topological polar surface area (TPSA) is 118 Å². The smallest absolute Gasteiger partial charge is 0.335 e. The Balaban J connectivity index is 1.14. The number of imidazole rings is 2. The quantitative estimate of drug-likeness (QED) is 0.272. The van der Waals surface area contributed by atoms with Crippen molar-refractivity contribution in [1.82, 2.24) is 24.0 Å². The molecule has 11 heteroatoms. The zero-order chi connectivity index (χ0) is 28.8. The van der Waals surface area contributed by atoms with Crippen molar-refractivity contribution in [2.75, 3.05) is 13.2 Å². The number of aromatic nitrogens is 4. The van der Waals surface area contributed by atoms with Crippen molar-refractivity contribution in [3.05, 3.63) is 88.0 Å². The second-order valence-corrected chi connectivity index (χ2v) is 11.1. The van der Waals surface area contributed by atoms with Crippen molar-refractivity contribution in [3.63, 3.8) is 0 Å². The number of hydrogen-bond acceptors (Lipinski definition) is 7. The van der Waals surface area contributed by atoms with E-state index >= 15 is 0 Å². The van der Waals surface area contributed by atoms with E-state index in [9.17, 15) is 15.2 Å². The summed E-state index contributed by atoms with van der Waals surface area (Å²) in [5, 5.41) is 19.5. The first-order valence-corrected chi connectivity index (χ1v) is 14.2. The van der Waals surface area contributed by atoms with Crippen molar-refractivity contribution < 1.29 is 19.4 Å². The molecule has 4 heterocycles. The Morgan fingerprint density at radius 1 is 1.14 bits per heavy atom. The molecular formula is C31H27ClN6O4. The summed E-state index contributed by atoms with van der Waals surface area (Å²) < 4.78 is 16.2. The normalized spacial score (nSPS) is 16.7. The molecule has 2 aliphatic rings. The Kier molecular flexibility index (Phi) is 6.78. The number of halogens is 1. The largest absolute Gasteiger partial charge is 0.487 e. The minimum atomic E-state index is -0.956. The molecule has 2 aliphatic heterocycles. The van der Waals surface area contributed by atoms with Crippen LogP contribution in [-0.2, 0) is 37.5 Å². The lowest BCUT2D eigenvalue weighted by atomic mass is 10.1. The highest BCUT2D eigenvalue weighted by Gasteiger charge is 2.26. The molecule has 0 amide bonds. The van der Waals surface area contributed by atoms with Gasteiger partial charge in [-0.25, -0.2) is 14.8 Å². The van der Waals surface area contributed by atoms with Crippen LogP contribution in [0.1, 0.15) is 39.6 Å². The molecule has 0 radical (unpaired) electrons. The van der Waals surface area contributed by atoms with Gasteiger partial charge in [0, 0.05) is 30.3 Å². The van der Waals surface area contributed by atoms with Gasteiger partial charge in [-0.2, -0.15) is 5.26 Å². The average molecular weight is 583 g/mol. The van der Waals surface area contributed by atoms with Crippen LogP contribution in [0.5, 0.6) is 5.75 Å². The highest BCUT2D eigenvalue weighted by atomic mass is 35.5. The molecule has 3 aromatic carbocycles. The van der Waals surface area contributed by atoms with Gasteiger partial charge < -0.3 is 23.7 Å². The number of fused-ring (bicyclic) bond motifs is 4. The van der Waals surface area contributed by atoms with Gasteiger partial charge in [0.15, 0.2) is 0 Å². The maximum Gasteiger partial charge on any atom is 0.335 e. The number of hydrogen-bond donors (Lipinski definition) is 1. The zero-order valence-corrected chi connectivity index (χ0v) is 23.4. The van der Waals surface area contributed by atoms with Crippen LogP contribution in [0, 0.1) is 11.3 Å². The second-order valence-electron chi connectivity index (χ2n) is 10.6. The first kappa shape index (κ1) is 26.5. The molecule has 0 unspecified atom stereocenters. The van der Waals surface area contributed by atoms with Crippen LogP contribution in [0.4, 0.5) is 0 Å². The lowest BCUT2D eigenvalue weighted by molar-refractivity contribution is -0.0592. The van der Waals surface area contributed by atoms with Gasteiger partial charge in [0.05, 0.1) is 59.5 Å². The van der Waals surface area contributed by atoms with E-state index in [2.05, 4.69) is 26.2 Å². The number of aromatic carboxylic acids is 1. The van der Waals surface area contributed by atoms with E-state index in [4.69, 9.17) is 31.0 Å². The third kappa shape index (κ3) is 4.86. The molecule has 1 N–H and O–H groups in total. The molecule has 5 aromatic rings. The number of ether oxygens (including phenoxy) is 2. The highest BCUT2D eigenvalue weighted by Crippen LogP contribution is 2.30. The molecule has 7 rings (SSSR count). The second kappa shape index (κ2) is 10.8. The number of carbonyl (C=O) groups is 1. The molecule has 212 valence electrons. The summed E-state index contributed by atoms with van der Waals surface area (Å²) in [5.41, 5.74) is 4.89. The Morgan fingerprint density at radius 3 is 2.81 bits per heavy atom. The third-order valence-corrected chi connectivity index (χ3v) is 8.26. The predicted octanol–water partition coefficient (Wildman–Crippen LogP) is 4.99. The molecule has 0 spiro atoms. The summed E-state index contributed by atoms with van der Waals surface area (Å²) >= 11 is 6.05. The number of para-hydroxylation sites is 1. The molecule has 1 fully saturated rings. The molecule has 0 bridgehead atoms. The lowest BCUT2D eigenvalue weighted by Crippen LogP contribution is -2.35. The van der Waals surface area contributed by atoms with E-state index in [0.717, 1.165) is 65.4 Å². The SMILES string of the molecule is N#Cc1cc(Cl)ccc1COc1cccc2c1nc1n2CCN(Cc2nc3ccc(C(=O)O)cc3n2C[C@@H]2CCO2)C1. The van der Waals surface area contributed by atoms with Gasteiger partial charge in [-0.3, -0.25) is 4.90 Å². The summed E-state index contributed by atoms with van der Waals surface area (Å²) in [5.74, 6) is 1.53. The lowest BCUT2D eigenvalue weighted by Gasteiger charge is -2.30. The Morgan fingerprint density at radius 2 is 2.02 bits per heavy atom. The Hall–Kier alpha value is -4.43. The van der Waals surface area contributed by atoms with Crippen LogP contribution >= 0.6 is 11.6 Å². The van der Waals surface area contributed by atoms with Crippen LogP contribution < -0.4 is 4.74 Å². The number of carboxylic acids is 1. The minimum Gasteiger partial charge on any atom is -0.487 e. The van der Waals surface area contributed by atoms with Gasteiger partial charge in [0.25, 0.3) is 0 Å². The van der Waals surface area contributed by atoms with Crippen LogP contribution in [0.2, 0.25) is 5.02 Å². The standard InChI is InChI=1S/C31H27ClN6O4/c32-22-6-4-20(21(12-22)14-33)18-42-27-3-1-2-25-30(27)35-29-17-36(9-10-37(25)29)16-28-34-24-7-5-19(31(39)40)13-26(24)38(28)15-23-8-11-41-23/h1-7,12-13,23H,8-11,15-18H2,(H,39,40)/t23-/m0/s1.